The van der Waals surface area contributed by atoms with E-state index in [-0.39, 0.29) is 27.1 Å². The molecule has 0 saturated carbocycles. The van der Waals surface area contributed by atoms with E-state index in [0.29, 0.717) is 47.6 Å². The smallest absolute Gasteiger partial charge is 0.254 e. The summed E-state index contributed by atoms with van der Waals surface area (Å²) in [4.78, 5) is 27.0. The summed E-state index contributed by atoms with van der Waals surface area (Å²) < 4.78 is 41.3. The van der Waals surface area contributed by atoms with Gasteiger partial charge in [0.2, 0.25) is 5.91 Å². The van der Waals surface area contributed by atoms with Crippen molar-refractivity contribution in [3.05, 3.63) is 40.7 Å². The van der Waals surface area contributed by atoms with Gasteiger partial charge < -0.3 is 10.3 Å². The second-order valence-electron chi connectivity index (χ2n) is 7.96. The first-order chi connectivity index (χ1) is 15.6. The molecule has 1 saturated heterocycles. The van der Waals surface area contributed by atoms with E-state index in [1.807, 2.05) is 6.92 Å². The van der Waals surface area contributed by atoms with Gasteiger partial charge in [0, 0.05) is 25.9 Å². The Bertz CT molecular complexity index is 1290. The first kappa shape index (κ1) is 23.7. The molecule has 0 unspecified atom stereocenters. The van der Waals surface area contributed by atoms with Crippen LogP contribution in [0.15, 0.2) is 22.5 Å². The molecule has 0 spiro atoms. The molecule has 33 heavy (non-hydrogen) atoms. The fraction of sp³-hybridized carbons (Fsp3) is 0.400. The minimum absolute atomic E-state index is 0.0388. The Balaban J connectivity index is 1.53. The zero-order valence-corrected chi connectivity index (χ0v) is 20.5. The van der Waals surface area contributed by atoms with E-state index in [4.69, 9.17) is 11.6 Å². The van der Waals surface area contributed by atoms with Crippen LogP contribution >= 0.6 is 22.9 Å². The number of thiazole rings is 1. The van der Waals surface area contributed by atoms with Gasteiger partial charge in [-0.25, -0.2) is 27.8 Å². The Morgan fingerprint density at radius 2 is 2.12 bits per heavy atom. The standard InChI is InChI=1S/C20H22ClFN6O3S2/c1-10-9-28(33(30,31)19-11(2)24-20(32-19)25-12(3)29)7-6-14(10)16-17(21)27-18(26-16)15-5-4-13(22)8-23-15/h4-5,8,10,14H,6-7,9H2,1-3H3,(H,26,27)(H,24,25,29)/t10-,14+/m0/s1. The SMILES string of the molecule is CC(=O)Nc1nc(C)c(S(=O)(=O)N2CC[C@@H](c3[nH]c(-c4ccc(F)cn4)nc3Cl)[C@@H](C)C2)s1. The Kier molecular flexibility index (Phi) is 6.54. The molecule has 3 aromatic heterocycles. The van der Waals surface area contributed by atoms with Crippen molar-refractivity contribution < 1.29 is 17.6 Å². The van der Waals surface area contributed by atoms with Gasteiger partial charge in [0.1, 0.15) is 11.5 Å². The van der Waals surface area contributed by atoms with E-state index in [1.54, 1.807) is 6.92 Å². The van der Waals surface area contributed by atoms with Crippen LogP contribution in [0.4, 0.5) is 9.52 Å². The number of carbonyl (C=O) groups excluding carboxylic acids is 1. The molecular formula is C20H22ClFN6O3S2. The predicted molar refractivity (Wildman–Crippen MR) is 123 cm³/mol. The summed E-state index contributed by atoms with van der Waals surface area (Å²) >= 11 is 7.34. The average molecular weight is 513 g/mol. The monoisotopic (exact) mass is 512 g/mol. The zero-order chi connectivity index (χ0) is 23.9. The Labute approximate surface area is 199 Å². The lowest BCUT2D eigenvalue weighted by Gasteiger charge is -2.35. The Morgan fingerprint density at radius 1 is 1.36 bits per heavy atom. The summed E-state index contributed by atoms with van der Waals surface area (Å²) in [5.74, 6) is -0.414. The van der Waals surface area contributed by atoms with Crippen molar-refractivity contribution in [2.45, 2.75) is 37.3 Å². The molecule has 0 aromatic carbocycles. The fourth-order valence-corrected chi connectivity index (χ4v) is 7.37. The van der Waals surface area contributed by atoms with Crippen LogP contribution in [-0.4, -0.2) is 51.7 Å². The highest BCUT2D eigenvalue weighted by Crippen LogP contribution is 2.39. The summed E-state index contributed by atoms with van der Waals surface area (Å²) in [5.41, 5.74) is 1.53. The van der Waals surface area contributed by atoms with Gasteiger partial charge in [0.05, 0.1) is 17.6 Å². The number of aryl methyl sites for hydroxylation is 1. The number of pyridine rings is 1. The van der Waals surface area contributed by atoms with Crippen LogP contribution in [0.1, 0.15) is 37.6 Å². The number of anilines is 1. The van der Waals surface area contributed by atoms with Crippen molar-refractivity contribution >= 4 is 44.0 Å². The number of hydrogen-bond donors (Lipinski definition) is 2. The van der Waals surface area contributed by atoms with Gasteiger partial charge in [-0.15, -0.1) is 0 Å². The van der Waals surface area contributed by atoms with Crippen molar-refractivity contribution in [1.82, 2.24) is 24.2 Å². The second-order valence-corrected chi connectivity index (χ2v) is 11.5. The third-order valence-electron chi connectivity index (χ3n) is 5.51. The lowest BCUT2D eigenvalue weighted by atomic mass is 9.86. The van der Waals surface area contributed by atoms with Crippen molar-refractivity contribution in [3.8, 4) is 11.5 Å². The van der Waals surface area contributed by atoms with Crippen molar-refractivity contribution in [2.75, 3.05) is 18.4 Å². The molecular weight excluding hydrogens is 491 g/mol. The molecule has 1 fully saturated rings. The molecule has 0 bridgehead atoms. The van der Waals surface area contributed by atoms with Gasteiger partial charge >= 0.3 is 0 Å². The minimum Gasteiger partial charge on any atom is -0.339 e. The maximum Gasteiger partial charge on any atom is 0.254 e. The van der Waals surface area contributed by atoms with Gasteiger partial charge in [-0.05, 0) is 31.4 Å². The molecule has 9 nitrogen and oxygen atoms in total. The summed E-state index contributed by atoms with van der Waals surface area (Å²) in [6.07, 6.45) is 1.64. The molecule has 13 heteroatoms. The Morgan fingerprint density at radius 3 is 2.76 bits per heavy atom. The first-order valence-electron chi connectivity index (χ1n) is 10.2. The fourth-order valence-electron chi connectivity index (χ4n) is 3.95. The number of imidazole rings is 1. The average Bonchev–Trinajstić information content (AvgIpc) is 3.30. The highest BCUT2D eigenvalue weighted by molar-refractivity contribution is 7.91. The normalized spacial score (nSPS) is 19.5. The quantitative estimate of drug-likeness (QED) is 0.536. The predicted octanol–water partition coefficient (Wildman–Crippen LogP) is 3.80. The van der Waals surface area contributed by atoms with E-state index in [1.165, 1.54) is 23.4 Å². The van der Waals surface area contributed by atoms with Crippen LogP contribution in [0.3, 0.4) is 0 Å². The molecule has 0 radical (unpaired) electrons. The third kappa shape index (κ3) is 4.79. The van der Waals surface area contributed by atoms with Gasteiger partial charge in [-0.2, -0.15) is 4.31 Å². The van der Waals surface area contributed by atoms with Crippen LogP contribution in [0.5, 0.6) is 0 Å². The number of nitrogens with one attached hydrogen (secondary N) is 2. The summed E-state index contributed by atoms with van der Waals surface area (Å²) in [6, 6.07) is 2.81. The summed E-state index contributed by atoms with van der Waals surface area (Å²) in [7, 11) is -3.76. The number of rotatable bonds is 5. The number of carbonyl (C=O) groups is 1. The molecule has 0 aliphatic carbocycles. The number of nitrogens with zero attached hydrogens (tertiary/aromatic N) is 4. The summed E-state index contributed by atoms with van der Waals surface area (Å²) in [6.45, 7) is 5.50. The lowest BCUT2D eigenvalue weighted by Crippen LogP contribution is -2.42. The van der Waals surface area contributed by atoms with Crippen LogP contribution in [-0.2, 0) is 14.8 Å². The van der Waals surface area contributed by atoms with Crippen molar-refractivity contribution in [3.63, 3.8) is 0 Å². The van der Waals surface area contributed by atoms with E-state index < -0.39 is 15.8 Å². The number of aromatic amines is 1. The van der Waals surface area contributed by atoms with Crippen LogP contribution in [0.25, 0.3) is 11.5 Å². The summed E-state index contributed by atoms with van der Waals surface area (Å²) in [5, 5.41) is 3.09. The first-order valence-corrected chi connectivity index (χ1v) is 12.8. The van der Waals surface area contributed by atoms with Crippen LogP contribution < -0.4 is 5.32 Å². The highest BCUT2D eigenvalue weighted by atomic mass is 35.5. The van der Waals surface area contributed by atoms with Crippen LogP contribution in [0.2, 0.25) is 5.15 Å². The maximum absolute atomic E-state index is 13.3. The number of H-pyrrole nitrogens is 1. The van der Waals surface area contributed by atoms with E-state index in [2.05, 4.69) is 25.3 Å². The number of halogens is 2. The number of aromatic nitrogens is 4. The number of piperidine rings is 1. The largest absolute Gasteiger partial charge is 0.339 e. The van der Waals surface area contributed by atoms with E-state index in [9.17, 15) is 17.6 Å². The molecule has 1 amide bonds. The number of hydrogen-bond acceptors (Lipinski definition) is 7. The van der Waals surface area contributed by atoms with Crippen molar-refractivity contribution in [1.29, 1.82) is 0 Å². The van der Waals surface area contributed by atoms with Gasteiger partial charge in [-0.1, -0.05) is 29.9 Å². The zero-order valence-electron chi connectivity index (χ0n) is 18.1. The molecule has 4 heterocycles. The van der Waals surface area contributed by atoms with Gasteiger partial charge in [-0.3, -0.25) is 4.79 Å². The minimum atomic E-state index is -3.76. The maximum atomic E-state index is 13.3. The molecule has 4 rings (SSSR count). The highest BCUT2D eigenvalue weighted by Gasteiger charge is 2.37. The lowest BCUT2D eigenvalue weighted by molar-refractivity contribution is -0.114. The topological polar surface area (TPSA) is 121 Å². The molecule has 1 aliphatic heterocycles. The second kappa shape index (κ2) is 9.09. The molecule has 1 aliphatic rings. The Hall–Kier alpha value is -2.41. The molecule has 176 valence electrons. The van der Waals surface area contributed by atoms with Gasteiger partial charge in [0.15, 0.2) is 20.3 Å². The van der Waals surface area contributed by atoms with E-state index in [0.717, 1.165) is 17.5 Å². The van der Waals surface area contributed by atoms with Crippen molar-refractivity contribution in [2.24, 2.45) is 5.92 Å². The third-order valence-corrected chi connectivity index (χ3v) is 9.32. The molecule has 2 N–H and O–H groups in total. The van der Waals surface area contributed by atoms with E-state index >= 15 is 0 Å². The van der Waals surface area contributed by atoms with Gasteiger partial charge in [0.25, 0.3) is 10.0 Å². The van der Waals surface area contributed by atoms with Crippen LogP contribution in [0, 0.1) is 18.7 Å². The molecule has 2 atom stereocenters. The molecule has 3 aromatic rings. The number of sulfonamides is 1. The number of amides is 1.